The highest BCUT2D eigenvalue weighted by molar-refractivity contribution is 5.57. The zero-order chi connectivity index (χ0) is 13.5. The van der Waals surface area contributed by atoms with Gasteiger partial charge in [-0.25, -0.2) is 0 Å². The van der Waals surface area contributed by atoms with E-state index in [9.17, 15) is 5.11 Å². The van der Waals surface area contributed by atoms with E-state index in [2.05, 4.69) is 11.0 Å². The van der Waals surface area contributed by atoms with Crippen molar-refractivity contribution in [2.75, 3.05) is 37.4 Å². The van der Waals surface area contributed by atoms with Crippen molar-refractivity contribution in [2.24, 2.45) is 0 Å². The first kappa shape index (κ1) is 14.8. The molecule has 0 bridgehead atoms. The number of anilines is 2. The molecular formula is C14H24N2O2. The maximum atomic E-state index is 9.35. The molecule has 0 saturated heterocycles. The molecule has 0 spiro atoms. The van der Waals surface area contributed by atoms with Gasteiger partial charge in [0.05, 0.1) is 19.3 Å². The number of nitrogens with zero attached hydrogens (tertiary/aromatic N) is 1. The highest BCUT2D eigenvalue weighted by Crippen LogP contribution is 2.19. The second kappa shape index (κ2) is 7.24. The van der Waals surface area contributed by atoms with E-state index in [1.807, 2.05) is 33.0 Å². The van der Waals surface area contributed by atoms with E-state index in [1.165, 1.54) is 0 Å². The summed E-state index contributed by atoms with van der Waals surface area (Å²) in [6.45, 7) is 5.75. The molecule has 18 heavy (non-hydrogen) atoms. The average Bonchev–Trinajstić information content (AvgIpc) is 2.37. The molecule has 1 unspecified atom stereocenters. The van der Waals surface area contributed by atoms with E-state index in [4.69, 9.17) is 10.5 Å². The first-order valence-corrected chi connectivity index (χ1v) is 6.37. The number of nitrogens with two attached hydrogens (primary N) is 1. The molecule has 4 nitrogen and oxygen atoms in total. The Morgan fingerprint density at radius 2 is 2.17 bits per heavy atom. The number of aliphatic hydroxyl groups excluding tert-OH is 1. The van der Waals surface area contributed by atoms with Crippen LogP contribution >= 0.6 is 0 Å². The van der Waals surface area contributed by atoms with Gasteiger partial charge in [0.25, 0.3) is 0 Å². The molecule has 1 aromatic rings. The highest BCUT2D eigenvalue weighted by atomic mass is 16.5. The minimum absolute atomic E-state index is 0.353. The van der Waals surface area contributed by atoms with E-state index < -0.39 is 0 Å². The van der Waals surface area contributed by atoms with Gasteiger partial charge in [0.15, 0.2) is 0 Å². The third kappa shape index (κ3) is 4.55. The number of hydrogen-bond donors (Lipinski definition) is 2. The molecule has 0 aliphatic rings. The summed E-state index contributed by atoms with van der Waals surface area (Å²) in [7, 11) is 2.02. The van der Waals surface area contributed by atoms with Crippen LogP contribution in [0.1, 0.15) is 18.9 Å². The Kier molecular flexibility index (Phi) is 5.95. The second-order valence-corrected chi connectivity index (χ2v) is 4.60. The predicted octanol–water partition coefficient (Wildman–Crippen LogP) is 1.80. The Labute approximate surface area is 109 Å². The molecule has 1 rings (SSSR count). The van der Waals surface area contributed by atoms with E-state index >= 15 is 0 Å². The van der Waals surface area contributed by atoms with Gasteiger partial charge >= 0.3 is 0 Å². The van der Waals surface area contributed by atoms with E-state index in [1.54, 1.807) is 0 Å². The van der Waals surface area contributed by atoms with Gasteiger partial charge in [-0.3, -0.25) is 0 Å². The lowest BCUT2D eigenvalue weighted by Gasteiger charge is -2.20. The largest absolute Gasteiger partial charge is 0.399 e. The third-order valence-electron chi connectivity index (χ3n) is 3.05. The van der Waals surface area contributed by atoms with Gasteiger partial charge in [-0.05, 0) is 37.1 Å². The molecule has 3 N–H and O–H groups in total. The zero-order valence-corrected chi connectivity index (χ0v) is 11.5. The fourth-order valence-corrected chi connectivity index (χ4v) is 1.57. The summed E-state index contributed by atoms with van der Waals surface area (Å²) >= 11 is 0. The number of benzene rings is 1. The third-order valence-corrected chi connectivity index (χ3v) is 3.05. The monoisotopic (exact) mass is 252 g/mol. The number of aliphatic hydroxyl groups is 1. The molecule has 0 heterocycles. The first-order chi connectivity index (χ1) is 8.54. The van der Waals surface area contributed by atoms with Crippen LogP contribution in [0.4, 0.5) is 11.4 Å². The molecule has 0 fully saturated rings. The van der Waals surface area contributed by atoms with Crippen molar-refractivity contribution >= 4 is 11.4 Å². The van der Waals surface area contributed by atoms with E-state index in [0.717, 1.165) is 29.9 Å². The molecule has 0 aromatic heterocycles. The first-order valence-electron chi connectivity index (χ1n) is 6.37. The van der Waals surface area contributed by atoms with Crippen LogP contribution in [0.3, 0.4) is 0 Å². The number of hydrogen-bond acceptors (Lipinski definition) is 4. The topological polar surface area (TPSA) is 58.7 Å². The maximum Gasteiger partial charge on any atom is 0.0771 e. The van der Waals surface area contributed by atoms with Crippen molar-refractivity contribution < 1.29 is 9.84 Å². The zero-order valence-electron chi connectivity index (χ0n) is 11.5. The molecular weight excluding hydrogens is 228 g/mol. The number of likely N-dealkylation sites (N-methyl/N-ethyl adjacent to an activating group) is 1. The average molecular weight is 252 g/mol. The fourth-order valence-electron chi connectivity index (χ4n) is 1.57. The summed E-state index contributed by atoms with van der Waals surface area (Å²) < 4.78 is 5.42. The van der Waals surface area contributed by atoms with Gasteiger partial charge in [-0.2, -0.15) is 0 Å². The lowest BCUT2D eigenvalue weighted by Crippen LogP contribution is -2.24. The van der Waals surface area contributed by atoms with Crippen molar-refractivity contribution in [3.63, 3.8) is 0 Å². The van der Waals surface area contributed by atoms with Crippen LogP contribution in [0, 0.1) is 6.92 Å². The van der Waals surface area contributed by atoms with Crippen LogP contribution in [0.2, 0.25) is 0 Å². The number of ether oxygens (including phenoxy) is 1. The van der Waals surface area contributed by atoms with Crippen LogP contribution in [0.25, 0.3) is 0 Å². The smallest absolute Gasteiger partial charge is 0.0771 e. The molecule has 0 aliphatic heterocycles. The minimum atomic E-state index is -0.353. The standard InChI is InChI=1S/C14H24N2O2/c1-4-13(17)10-18-8-7-16(3)12-5-6-14(15)11(2)9-12/h5-6,9,13,17H,4,7-8,10,15H2,1-3H3. The second-order valence-electron chi connectivity index (χ2n) is 4.60. The molecule has 0 amide bonds. The van der Waals surface area contributed by atoms with Gasteiger partial charge in [0.1, 0.15) is 0 Å². The van der Waals surface area contributed by atoms with Crippen LogP contribution in [0.15, 0.2) is 18.2 Å². The normalized spacial score (nSPS) is 12.4. The van der Waals surface area contributed by atoms with Crippen molar-refractivity contribution in [1.82, 2.24) is 0 Å². The van der Waals surface area contributed by atoms with Gasteiger partial charge in [-0.1, -0.05) is 6.92 Å². The quantitative estimate of drug-likeness (QED) is 0.574. The Hall–Kier alpha value is -1.26. The minimum Gasteiger partial charge on any atom is -0.399 e. The van der Waals surface area contributed by atoms with Crippen molar-refractivity contribution in [3.05, 3.63) is 23.8 Å². The van der Waals surface area contributed by atoms with Crippen molar-refractivity contribution in [2.45, 2.75) is 26.4 Å². The molecule has 1 atom stereocenters. The lowest BCUT2D eigenvalue weighted by atomic mass is 10.2. The van der Waals surface area contributed by atoms with E-state index in [0.29, 0.717) is 13.2 Å². The molecule has 0 aliphatic carbocycles. The molecule has 0 saturated carbocycles. The van der Waals surface area contributed by atoms with Crippen molar-refractivity contribution in [3.8, 4) is 0 Å². The van der Waals surface area contributed by atoms with Gasteiger partial charge in [0.2, 0.25) is 0 Å². The number of aryl methyl sites for hydroxylation is 1. The van der Waals surface area contributed by atoms with Gasteiger partial charge < -0.3 is 20.5 Å². The van der Waals surface area contributed by atoms with Crippen molar-refractivity contribution in [1.29, 1.82) is 0 Å². The number of rotatable bonds is 7. The Balaban J connectivity index is 2.36. The Bertz CT molecular complexity index is 369. The molecule has 4 heteroatoms. The number of nitrogen functional groups attached to an aromatic ring is 1. The predicted molar refractivity (Wildman–Crippen MR) is 76.0 cm³/mol. The SMILES string of the molecule is CCC(O)COCCN(C)c1ccc(N)c(C)c1. The van der Waals surface area contributed by atoms with E-state index in [-0.39, 0.29) is 6.10 Å². The Morgan fingerprint density at radius 3 is 2.78 bits per heavy atom. The summed E-state index contributed by atoms with van der Waals surface area (Å²) in [5.74, 6) is 0. The molecule has 102 valence electrons. The molecule has 1 aromatic carbocycles. The summed E-state index contributed by atoms with van der Waals surface area (Å²) in [5.41, 5.74) is 8.81. The summed E-state index contributed by atoms with van der Waals surface area (Å²) in [6, 6.07) is 5.99. The maximum absolute atomic E-state index is 9.35. The van der Waals surface area contributed by atoms with Crippen LogP contribution in [-0.2, 0) is 4.74 Å². The lowest BCUT2D eigenvalue weighted by molar-refractivity contribution is 0.0382. The summed E-state index contributed by atoms with van der Waals surface area (Å²) in [6.07, 6.45) is 0.376. The van der Waals surface area contributed by atoms with Crippen LogP contribution in [-0.4, -0.2) is 38.0 Å². The summed E-state index contributed by atoms with van der Waals surface area (Å²) in [5, 5.41) is 9.35. The van der Waals surface area contributed by atoms with Gasteiger partial charge in [0, 0.05) is 25.0 Å². The van der Waals surface area contributed by atoms with Crippen LogP contribution < -0.4 is 10.6 Å². The Morgan fingerprint density at radius 1 is 1.44 bits per heavy atom. The van der Waals surface area contributed by atoms with Gasteiger partial charge in [-0.15, -0.1) is 0 Å². The molecule has 0 radical (unpaired) electrons. The summed E-state index contributed by atoms with van der Waals surface area (Å²) in [4.78, 5) is 2.12. The van der Waals surface area contributed by atoms with Crippen LogP contribution in [0.5, 0.6) is 0 Å². The highest BCUT2D eigenvalue weighted by Gasteiger charge is 2.04. The fraction of sp³-hybridized carbons (Fsp3) is 0.571.